The van der Waals surface area contributed by atoms with Gasteiger partial charge in [-0.3, -0.25) is 0 Å². The van der Waals surface area contributed by atoms with E-state index in [-0.39, 0.29) is 0 Å². The molecule has 0 radical (unpaired) electrons. The monoisotopic (exact) mass is 270 g/mol. The van der Waals surface area contributed by atoms with Crippen molar-refractivity contribution in [2.24, 2.45) is 5.92 Å². The Bertz CT molecular complexity index is 807. The van der Waals surface area contributed by atoms with Crippen molar-refractivity contribution < 1.29 is 0 Å². The van der Waals surface area contributed by atoms with Gasteiger partial charge in [-0.2, -0.15) is 0 Å². The molecule has 0 N–H and O–H groups in total. The second-order valence-corrected chi connectivity index (χ2v) is 6.61. The van der Waals surface area contributed by atoms with Crippen molar-refractivity contribution in [3.05, 3.63) is 94.1 Å². The molecule has 3 atom stereocenters. The second kappa shape index (κ2) is 3.98. The summed E-state index contributed by atoms with van der Waals surface area (Å²) in [5, 5.41) is 0. The van der Waals surface area contributed by atoms with Crippen LogP contribution in [0.2, 0.25) is 0 Å². The highest BCUT2D eigenvalue weighted by Gasteiger charge is 2.45. The van der Waals surface area contributed by atoms with Gasteiger partial charge in [0.05, 0.1) is 0 Å². The maximum Gasteiger partial charge on any atom is 0.0311 e. The van der Waals surface area contributed by atoms with Crippen molar-refractivity contribution >= 4 is 0 Å². The Morgan fingerprint density at radius 1 is 0.905 bits per heavy atom. The molecule has 2 aromatic rings. The molecule has 102 valence electrons. The first-order valence-corrected chi connectivity index (χ1v) is 7.90. The lowest BCUT2D eigenvalue weighted by atomic mass is 9.55. The summed E-state index contributed by atoms with van der Waals surface area (Å²) in [7, 11) is 0. The van der Waals surface area contributed by atoms with Gasteiger partial charge < -0.3 is 0 Å². The average Bonchev–Trinajstić information content (AvgIpc) is 2.54. The van der Waals surface area contributed by atoms with Crippen LogP contribution in [0.5, 0.6) is 0 Å². The van der Waals surface area contributed by atoms with E-state index in [1.807, 2.05) is 0 Å². The van der Waals surface area contributed by atoms with Gasteiger partial charge in [0.25, 0.3) is 0 Å². The smallest absolute Gasteiger partial charge is 0.0311 e. The number of rotatable bonds is 0. The summed E-state index contributed by atoms with van der Waals surface area (Å²) in [4.78, 5) is 0. The summed E-state index contributed by atoms with van der Waals surface area (Å²) < 4.78 is 0. The first-order valence-electron chi connectivity index (χ1n) is 7.90. The van der Waals surface area contributed by atoms with E-state index < -0.39 is 0 Å². The molecule has 0 saturated carbocycles. The zero-order valence-electron chi connectivity index (χ0n) is 12.2. The Hall–Kier alpha value is -2.08. The molecular weight excluding hydrogens is 252 g/mol. The van der Waals surface area contributed by atoms with Gasteiger partial charge in [-0.1, -0.05) is 71.8 Å². The summed E-state index contributed by atoms with van der Waals surface area (Å²) in [6, 6.07) is 16.2. The summed E-state index contributed by atoms with van der Waals surface area (Å²) in [6.45, 7) is 2.21. The zero-order valence-corrected chi connectivity index (χ0v) is 12.2. The van der Waals surface area contributed by atoms with Crippen molar-refractivity contribution in [3.63, 3.8) is 0 Å². The summed E-state index contributed by atoms with van der Waals surface area (Å²) >= 11 is 0. The van der Waals surface area contributed by atoms with Crippen LogP contribution in [-0.2, 0) is 0 Å². The van der Waals surface area contributed by atoms with Gasteiger partial charge in [0, 0.05) is 11.8 Å². The molecule has 0 amide bonds. The molecule has 0 saturated heterocycles. The minimum absolute atomic E-state index is 0.482. The minimum atomic E-state index is 0.482. The number of hydrogen-bond acceptors (Lipinski definition) is 0. The fourth-order valence-corrected chi connectivity index (χ4v) is 4.71. The highest BCUT2D eigenvalue weighted by atomic mass is 14.5. The lowest BCUT2D eigenvalue weighted by molar-refractivity contribution is 0.458. The predicted molar refractivity (Wildman–Crippen MR) is 86.6 cm³/mol. The summed E-state index contributed by atoms with van der Waals surface area (Å²) in [5.74, 6) is 1.71. The first-order chi connectivity index (χ1) is 10.3. The van der Waals surface area contributed by atoms with E-state index in [2.05, 4.69) is 67.6 Å². The van der Waals surface area contributed by atoms with Crippen LogP contribution >= 0.6 is 0 Å². The van der Waals surface area contributed by atoms with Crippen LogP contribution in [0.3, 0.4) is 0 Å². The predicted octanol–water partition coefficient (Wildman–Crippen LogP) is 5.09. The van der Waals surface area contributed by atoms with Crippen molar-refractivity contribution in [1.29, 1.82) is 0 Å². The fraction of sp³-hybridized carbons (Fsp3) is 0.238. The quantitative estimate of drug-likeness (QED) is 0.625. The van der Waals surface area contributed by atoms with Crippen LogP contribution in [0.15, 0.2) is 66.3 Å². The molecule has 2 aromatic carbocycles. The molecule has 6 rings (SSSR count). The molecule has 0 heteroatoms. The lowest BCUT2D eigenvalue weighted by Gasteiger charge is -2.48. The van der Waals surface area contributed by atoms with Crippen LogP contribution < -0.4 is 0 Å². The molecule has 0 nitrogen and oxygen atoms in total. The van der Waals surface area contributed by atoms with Crippen LogP contribution in [0, 0.1) is 12.8 Å². The van der Waals surface area contributed by atoms with Crippen LogP contribution in [0.4, 0.5) is 0 Å². The topological polar surface area (TPSA) is 0 Å². The van der Waals surface area contributed by atoms with Gasteiger partial charge in [-0.15, -0.1) is 0 Å². The van der Waals surface area contributed by atoms with Crippen LogP contribution in [-0.4, -0.2) is 0 Å². The highest BCUT2D eigenvalue weighted by molar-refractivity contribution is 5.63. The van der Waals surface area contributed by atoms with E-state index >= 15 is 0 Å². The third-order valence-electron chi connectivity index (χ3n) is 5.51. The van der Waals surface area contributed by atoms with Gasteiger partial charge in [0.2, 0.25) is 0 Å². The zero-order chi connectivity index (χ0) is 14.0. The van der Waals surface area contributed by atoms with E-state index in [1.54, 1.807) is 27.8 Å². The molecular formula is C21H18. The number of allylic oxidation sites excluding steroid dienone is 4. The van der Waals surface area contributed by atoms with E-state index in [1.165, 1.54) is 12.0 Å². The molecule has 0 spiro atoms. The molecule has 0 heterocycles. The molecule has 4 aliphatic rings. The lowest BCUT2D eigenvalue weighted by Crippen LogP contribution is -2.34. The molecule has 0 fully saturated rings. The van der Waals surface area contributed by atoms with Crippen molar-refractivity contribution in [1.82, 2.24) is 0 Å². The Kier molecular flexibility index (Phi) is 2.19. The first kappa shape index (κ1) is 11.6. The standard InChI is InChI=1S/C21H18/c1-13-10-11-18-19(12-13)21-16-8-4-2-6-14(16)20(18)15-7-3-5-9-17(15)21/h2-6,8-12,15,20-21H,7H2,1H3. The maximum absolute atomic E-state index is 2.42. The Morgan fingerprint density at radius 3 is 2.62 bits per heavy atom. The molecule has 21 heavy (non-hydrogen) atoms. The number of benzene rings is 2. The van der Waals surface area contributed by atoms with E-state index in [9.17, 15) is 0 Å². The third kappa shape index (κ3) is 1.40. The molecule has 3 unspecified atom stereocenters. The van der Waals surface area contributed by atoms with Gasteiger partial charge in [-0.05, 0) is 41.5 Å². The average molecular weight is 270 g/mol. The van der Waals surface area contributed by atoms with Crippen molar-refractivity contribution in [2.45, 2.75) is 25.2 Å². The van der Waals surface area contributed by atoms with Crippen molar-refractivity contribution in [3.8, 4) is 0 Å². The molecule has 0 aliphatic heterocycles. The number of hydrogen-bond donors (Lipinski definition) is 0. The maximum atomic E-state index is 2.42. The van der Waals surface area contributed by atoms with E-state index in [4.69, 9.17) is 0 Å². The molecule has 4 aliphatic carbocycles. The molecule has 2 bridgehead atoms. The Balaban J connectivity index is 1.87. The highest BCUT2D eigenvalue weighted by Crippen LogP contribution is 2.59. The second-order valence-electron chi connectivity index (χ2n) is 6.61. The SMILES string of the molecule is Cc1ccc2c(c1)C1C3=CC=CCC3C2c2ccccc21. The summed E-state index contributed by atoms with van der Waals surface area (Å²) in [5.41, 5.74) is 9.24. The van der Waals surface area contributed by atoms with Crippen LogP contribution in [0.1, 0.15) is 46.1 Å². The van der Waals surface area contributed by atoms with E-state index in [0.29, 0.717) is 17.8 Å². The van der Waals surface area contributed by atoms with Crippen LogP contribution in [0.25, 0.3) is 0 Å². The minimum Gasteiger partial charge on any atom is -0.0839 e. The fourth-order valence-electron chi connectivity index (χ4n) is 4.71. The van der Waals surface area contributed by atoms with Gasteiger partial charge >= 0.3 is 0 Å². The van der Waals surface area contributed by atoms with E-state index in [0.717, 1.165) is 0 Å². The largest absolute Gasteiger partial charge is 0.0839 e. The third-order valence-corrected chi connectivity index (χ3v) is 5.51. The van der Waals surface area contributed by atoms with Gasteiger partial charge in [-0.25, -0.2) is 0 Å². The normalized spacial score (nSPS) is 27.7. The van der Waals surface area contributed by atoms with Gasteiger partial charge in [0.1, 0.15) is 0 Å². The summed E-state index contributed by atoms with van der Waals surface area (Å²) in [6.07, 6.45) is 8.16. The number of aryl methyl sites for hydroxylation is 1. The van der Waals surface area contributed by atoms with Gasteiger partial charge in [0.15, 0.2) is 0 Å². The Labute approximate surface area is 125 Å². The van der Waals surface area contributed by atoms with Crippen molar-refractivity contribution in [2.75, 3.05) is 0 Å². The Morgan fingerprint density at radius 2 is 1.71 bits per heavy atom. The molecule has 0 aromatic heterocycles.